The molecule has 192 valence electrons. The topological polar surface area (TPSA) is 107 Å². The van der Waals surface area contributed by atoms with Gasteiger partial charge < -0.3 is 28.6 Å². The number of rotatable bonds is 7. The summed E-state index contributed by atoms with van der Waals surface area (Å²) in [5.41, 5.74) is 1.14. The van der Waals surface area contributed by atoms with Gasteiger partial charge in [-0.15, -0.1) is 0 Å². The van der Waals surface area contributed by atoms with E-state index in [-0.39, 0.29) is 54.2 Å². The van der Waals surface area contributed by atoms with Gasteiger partial charge in [-0.05, 0) is 6.07 Å². The highest BCUT2D eigenvalue weighted by molar-refractivity contribution is 5.93. The molecule has 10 nitrogen and oxygen atoms in total. The molecule has 1 aromatic heterocycles. The molecule has 36 heavy (non-hydrogen) atoms. The molecule has 0 spiro atoms. The lowest BCUT2D eigenvalue weighted by atomic mass is 10.1. The van der Waals surface area contributed by atoms with Gasteiger partial charge in [0.15, 0.2) is 0 Å². The number of hydrogen-bond donors (Lipinski definition) is 0. The molecule has 0 saturated carbocycles. The van der Waals surface area contributed by atoms with Crippen molar-refractivity contribution in [1.82, 2.24) is 14.4 Å². The van der Waals surface area contributed by atoms with Gasteiger partial charge in [-0.2, -0.15) is 0 Å². The zero-order chi connectivity index (χ0) is 25.8. The monoisotopic (exact) mass is 497 g/mol. The SMILES string of the molecule is COC(=O)c1c(OC[C@@H]2CC(=O)N(C)C2)cc(=O)n2c1CCN(C(=O)Cc1ccccc1OC)CC2. The number of carbonyl (C=O) groups is 3. The van der Waals surface area contributed by atoms with Gasteiger partial charge in [0.2, 0.25) is 11.8 Å². The number of pyridine rings is 1. The maximum atomic E-state index is 13.1. The molecule has 0 unspecified atom stereocenters. The Labute approximate surface area is 209 Å². The fraction of sp³-hybridized carbons (Fsp3) is 0.462. The van der Waals surface area contributed by atoms with Crippen molar-refractivity contribution in [2.45, 2.75) is 25.8 Å². The molecule has 1 fully saturated rings. The van der Waals surface area contributed by atoms with Gasteiger partial charge >= 0.3 is 5.97 Å². The zero-order valence-corrected chi connectivity index (χ0v) is 20.8. The normalized spacial score (nSPS) is 17.4. The van der Waals surface area contributed by atoms with E-state index >= 15 is 0 Å². The Morgan fingerprint density at radius 1 is 1.06 bits per heavy atom. The quantitative estimate of drug-likeness (QED) is 0.528. The first-order valence-corrected chi connectivity index (χ1v) is 11.9. The number of benzene rings is 1. The number of methoxy groups -OCH3 is 2. The second-order valence-electron chi connectivity index (χ2n) is 9.09. The molecule has 1 atom stereocenters. The number of likely N-dealkylation sites (tertiary alicyclic amines) is 1. The number of carbonyl (C=O) groups excluding carboxylic acids is 3. The zero-order valence-electron chi connectivity index (χ0n) is 20.8. The maximum Gasteiger partial charge on any atom is 0.343 e. The summed E-state index contributed by atoms with van der Waals surface area (Å²) in [4.78, 5) is 54.1. The van der Waals surface area contributed by atoms with Crippen molar-refractivity contribution in [3.63, 3.8) is 0 Å². The molecular weight excluding hydrogens is 466 g/mol. The average Bonchev–Trinajstić information content (AvgIpc) is 3.05. The van der Waals surface area contributed by atoms with E-state index in [4.69, 9.17) is 14.2 Å². The summed E-state index contributed by atoms with van der Waals surface area (Å²) in [5.74, 6) is 0.0990. The summed E-state index contributed by atoms with van der Waals surface area (Å²) in [5, 5.41) is 0. The second kappa shape index (κ2) is 10.8. The number of aromatic nitrogens is 1. The Balaban J connectivity index is 1.55. The van der Waals surface area contributed by atoms with Gasteiger partial charge in [-0.3, -0.25) is 14.4 Å². The first kappa shape index (κ1) is 25.3. The van der Waals surface area contributed by atoms with Crippen molar-refractivity contribution in [2.75, 3.05) is 47.5 Å². The van der Waals surface area contributed by atoms with Crippen LogP contribution in [0.15, 0.2) is 35.1 Å². The number of amides is 2. The highest BCUT2D eigenvalue weighted by Gasteiger charge is 2.30. The van der Waals surface area contributed by atoms with Crippen molar-refractivity contribution in [2.24, 2.45) is 5.92 Å². The van der Waals surface area contributed by atoms with Crippen LogP contribution < -0.4 is 15.0 Å². The van der Waals surface area contributed by atoms with E-state index < -0.39 is 5.97 Å². The van der Waals surface area contributed by atoms with Gasteiger partial charge in [0.1, 0.15) is 17.1 Å². The van der Waals surface area contributed by atoms with Crippen molar-refractivity contribution in [3.05, 3.63) is 57.5 Å². The highest BCUT2D eigenvalue weighted by Crippen LogP contribution is 2.26. The molecule has 2 amide bonds. The lowest BCUT2D eigenvalue weighted by Crippen LogP contribution is -2.35. The van der Waals surface area contributed by atoms with E-state index in [9.17, 15) is 19.2 Å². The van der Waals surface area contributed by atoms with Crippen molar-refractivity contribution < 1.29 is 28.6 Å². The van der Waals surface area contributed by atoms with Crippen LogP contribution in [0.2, 0.25) is 0 Å². The minimum absolute atomic E-state index is 0.0300. The largest absolute Gasteiger partial charge is 0.496 e. The number of fused-ring (bicyclic) bond motifs is 1. The Morgan fingerprint density at radius 3 is 2.53 bits per heavy atom. The molecule has 1 saturated heterocycles. The van der Waals surface area contributed by atoms with Crippen LogP contribution in [0.4, 0.5) is 0 Å². The summed E-state index contributed by atoms with van der Waals surface area (Å²) in [6, 6.07) is 8.65. The van der Waals surface area contributed by atoms with E-state index in [0.29, 0.717) is 43.9 Å². The third-order valence-electron chi connectivity index (χ3n) is 6.77. The van der Waals surface area contributed by atoms with Gasteiger partial charge in [0.25, 0.3) is 5.56 Å². The fourth-order valence-electron chi connectivity index (χ4n) is 4.83. The van der Waals surface area contributed by atoms with E-state index in [1.54, 1.807) is 24.0 Å². The lowest BCUT2D eigenvalue weighted by Gasteiger charge is -2.20. The number of nitrogens with zero attached hydrogens (tertiary/aromatic N) is 3. The molecular formula is C26H31N3O7. The Morgan fingerprint density at radius 2 is 1.83 bits per heavy atom. The van der Waals surface area contributed by atoms with Gasteiger partial charge in [0, 0.05) is 69.3 Å². The Kier molecular flexibility index (Phi) is 7.61. The van der Waals surface area contributed by atoms with Crippen LogP contribution in [0.1, 0.15) is 28.0 Å². The highest BCUT2D eigenvalue weighted by atomic mass is 16.5. The van der Waals surface area contributed by atoms with Crippen molar-refractivity contribution in [3.8, 4) is 11.5 Å². The Hall–Kier alpha value is -3.82. The number of hydrogen-bond acceptors (Lipinski definition) is 7. The molecule has 1 aromatic carbocycles. The van der Waals surface area contributed by atoms with Crippen LogP contribution in [-0.2, 0) is 33.7 Å². The summed E-state index contributed by atoms with van der Waals surface area (Å²) >= 11 is 0. The van der Waals surface area contributed by atoms with E-state index in [1.165, 1.54) is 17.7 Å². The first-order chi connectivity index (χ1) is 17.3. The van der Waals surface area contributed by atoms with E-state index in [2.05, 4.69) is 0 Å². The van der Waals surface area contributed by atoms with Gasteiger partial charge in [-0.25, -0.2) is 4.79 Å². The number of para-hydroxylation sites is 1. The third-order valence-corrected chi connectivity index (χ3v) is 6.77. The molecule has 0 N–H and O–H groups in total. The van der Waals surface area contributed by atoms with Crippen LogP contribution in [0.25, 0.3) is 0 Å². The van der Waals surface area contributed by atoms with Crippen LogP contribution >= 0.6 is 0 Å². The Bertz CT molecular complexity index is 1220. The number of esters is 1. The van der Waals surface area contributed by atoms with Crippen molar-refractivity contribution >= 4 is 17.8 Å². The summed E-state index contributed by atoms with van der Waals surface area (Å²) in [7, 11) is 4.58. The smallest absolute Gasteiger partial charge is 0.343 e. The van der Waals surface area contributed by atoms with Gasteiger partial charge in [-0.1, -0.05) is 18.2 Å². The molecule has 2 aliphatic rings. The second-order valence-corrected chi connectivity index (χ2v) is 9.09. The summed E-state index contributed by atoms with van der Waals surface area (Å²) in [6.07, 6.45) is 0.818. The van der Waals surface area contributed by atoms with Crippen LogP contribution in [0.5, 0.6) is 11.5 Å². The van der Waals surface area contributed by atoms with Crippen LogP contribution in [-0.4, -0.2) is 79.7 Å². The average molecular weight is 498 g/mol. The first-order valence-electron chi connectivity index (χ1n) is 11.9. The van der Waals surface area contributed by atoms with E-state index in [0.717, 1.165) is 5.56 Å². The predicted octanol–water partition coefficient (Wildman–Crippen LogP) is 1.13. The lowest BCUT2D eigenvalue weighted by molar-refractivity contribution is -0.130. The standard InChI is InChI=1S/C26H31N3O7/c1-27-15-17(12-22(27)30)16-36-21-14-24(32)29-11-10-28(9-8-19(29)25(21)26(33)35-3)23(31)13-18-6-4-5-7-20(18)34-2/h4-7,14,17H,8-13,15-16H2,1-3H3/t17-/m1/s1. The molecule has 0 aliphatic carbocycles. The predicted molar refractivity (Wildman–Crippen MR) is 130 cm³/mol. The minimum atomic E-state index is -0.609. The minimum Gasteiger partial charge on any atom is -0.496 e. The number of ether oxygens (including phenoxy) is 3. The van der Waals surface area contributed by atoms with Crippen LogP contribution in [0.3, 0.4) is 0 Å². The molecule has 2 aliphatic heterocycles. The maximum absolute atomic E-state index is 13.1. The fourth-order valence-corrected chi connectivity index (χ4v) is 4.83. The summed E-state index contributed by atoms with van der Waals surface area (Å²) in [6.45, 7) is 1.67. The molecule has 3 heterocycles. The molecule has 2 aromatic rings. The third kappa shape index (κ3) is 5.22. The van der Waals surface area contributed by atoms with Crippen LogP contribution in [0, 0.1) is 5.92 Å². The van der Waals surface area contributed by atoms with E-state index in [1.807, 2.05) is 24.3 Å². The van der Waals surface area contributed by atoms with Crippen molar-refractivity contribution in [1.29, 1.82) is 0 Å². The molecule has 10 heteroatoms. The van der Waals surface area contributed by atoms with Gasteiger partial charge in [0.05, 0.1) is 27.2 Å². The molecule has 0 bridgehead atoms. The molecule has 0 radical (unpaired) electrons. The molecule has 4 rings (SSSR count). The summed E-state index contributed by atoms with van der Waals surface area (Å²) < 4.78 is 17.8.